The molecule has 1 fully saturated rings. The zero-order chi connectivity index (χ0) is 20.1. The molecule has 0 aromatic carbocycles. The zero-order valence-electron chi connectivity index (χ0n) is 15.8. The molecule has 154 valence electrons. The normalized spacial score (nSPS) is 16.6. The highest BCUT2D eigenvalue weighted by atomic mass is 32.1. The molecule has 1 aliphatic heterocycles. The summed E-state index contributed by atoms with van der Waals surface area (Å²) >= 11 is 0.978. The Labute approximate surface area is 165 Å². The van der Waals surface area contributed by atoms with Crippen LogP contribution in [0.3, 0.4) is 0 Å². The highest BCUT2D eigenvalue weighted by Gasteiger charge is 2.33. The summed E-state index contributed by atoms with van der Waals surface area (Å²) in [5.41, 5.74) is 0.0557. The second-order valence-corrected chi connectivity index (χ2v) is 7.43. The molecule has 11 heteroatoms. The van der Waals surface area contributed by atoms with Crippen molar-refractivity contribution in [2.45, 2.75) is 33.1 Å². The molecule has 3 rings (SSSR count). The first kappa shape index (κ1) is 20.6. The van der Waals surface area contributed by atoms with Crippen molar-refractivity contribution >= 4 is 17.3 Å². The first-order valence-electron chi connectivity index (χ1n) is 9.04. The zero-order valence-corrected chi connectivity index (χ0v) is 16.6. The lowest BCUT2D eigenvalue weighted by molar-refractivity contribution is -0.140. The topological polar surface area (TPSA) is 69.8 Å². The Kier molecular flexibility index (Phi) is 6.55. The smallest absolute Gasteiger partial charge is 0.361 e. The molecule has 1 aliphatic rings. The number of piperazine rings is 1. The van der Waals surface area contributed by atoms with Crippen molar-refractivity contribution in [2.75, 3.05) is 32.7 Å². The van der Waals surface area contributed by atoms with E-state index in [0.717, 1.165) is 60.9 Å². The fourth-order valence-electron chi connectivity index (χ4n) is 2.92. The number of rotatable bonds is 5. The van der Waals surface area contributed by atoms with Crippen molar-refractivity contribution in [3.8, 4) is 0 Å². The molecular weight excluding hydrogens is 393 g/mol. The van der Waals surface area contributed by atoms with Crippen molar-refractivity contribution < 1.29 is 17.7 Å². The van der Waals surface area contributed by atoms with Crippen molar-refractivity contribution in [1.82, 2.24) is 25.3 Å². The molecule has 28 heavy (non-hydrogen) atoms. The van der Waals surface area contributed by atoms with Gasteiger partial charge in [0.1, 0.15) is 10.8 Å². The van der Waals surface area contributed by atoms with Crippen LogP contribution in [0.1, 0.15) is 29.1 Å². The van der Waals surface area contributed by atoms with Gasteiger partial charge in [-0.05, 0) is 13.8 Å². The number of halogens is 3. The van der Waals surface area contributed by atoms with Crippen molar-refractivity contribution in [3.05, 3.63) is 33.6 Å². The van der Waals surface area contributed by atoms with Gasteiger partial charge in [-0.3, -0.25) is 4.90 Å². The summed E-state index contributed by atoms with van der Waals surface area (Å²) in [5.74, 6) is 1.49. The van der Waals surface area contributed by atoms with E-state index >= 15 is 0 Å². The third kappa shape index (κ3) is 5.44. The number of aromatic nitrogens is 2. The average Bonchev–Trinajstić information content (AvgIpc) is 3.28. The van der Waals surface area contributed by atoms with Crippen molar-refractivity contribution in [3.63, 3.8) is 0 Å². The van der Waals surface area contributed by atoms with Crippen LogP contribution in [-0.2, 0) is 19.3 Å². The summed E-state index contributed by atoms with van der Waals surface area (Å²) in [5, 5.41) is 8.62. The monoisotopic (exact) mass is 416 g/mol. The molecule has 2 aromatic rings. The van der Waals surface area contributed by atoms with Gasteiger partial charge in [0.25, 0.3) is 0 Å². The van der Waals surface area contributed by atoms with E-state index in [1.54, 1.807) is 0 Å². The number of aliphatic imine (C=N–C) groups is 1. The fourth-order valence-corrected chi connectivity index (χ4v) is 3.65. The molecule has 7 nitrogen and oxygen atoms in total. The van der Waals surface area contributed by atoms with Gasteiger partial charge in [-0.15, -0.1) is 11.3 Å². The van der Waals surface area contributed by atoms with Crippen molar-refractivity contribution in [1.29, 1.82) is 0 Å². The van der Waals surface area contributed by atoms with Crippen LogP contribution in [0, 0.1) is 6.92 Å². The van der Waals surface area contributed by atoms with Gasteiger partial charge in [-0.2, -0.15) is 13.2 Å². The minimum absolute atomic E-state index is 0.126. The van der Waals surface area contributed by atoms with E-state index in [9.17, 15) is 13.2 Å². The summed E-state index contributed by atoms with van der Waals surface area (Å²) in [6.07, 6.45) is -4.42. The van der Waals surface area contributed by atoms with Gasteiger partial charge in [-0.25, -0.2) is 9.98 Å². The second kappa shape index (κ2) is 8.91. The van der Waals surface area contributed by atoms with E-state index in [1.165, 1.54) is 0 Å². The van der Waals surface area contributed by atoms with Crippen LogP contribution in [0.2, 0.25) is 0 Å². The van der Waals surface area contributed by atoms with Crippen LogP contribution in [-0.4, -0.2) is 58.6 Å². The van der Waals surface area contributed by atoms with Gasteiger partial charge in [0.05, 0.1) is 12.2 Å². The highest BCUT2D eigenvalue weighted by molar-refractivity contribution is 7.09. The third-order valence-corrected chi connectivity index (χ3v) is 5.11. The summed E-state index contributed by atoms with van der Waals surface area (Å²) in [6.45, 7) is 8.60. The van der Waals surface area contributed by atoms with Crippen LogP contribution in [0.25, 0.3) is 0 Å². The Morgan fingerprint density at radius 3 is 2.64 bits per heavy atom. The summed E-state index contributed by atoms with van der Waals surface area (Å²) in [6, 6.07) is 1.93. The third-order valence-electron chi connectivity index (χ3n) is 4.28. The van der Waals surface area contributed by atoms with E-state index < -0.39 is 11.9 Å². The predicted molar refractivity (Wildman–Crippen MR) is 100 cm³/mol. The standard InChI is InChI=1S/C17H23F3N6OS/c1-3-21-16(22-9-15-23-14(11-28-15)17(18,19)20)26-6-4-25(5-7-26)10-13-8-12(2)27-24-13/h8,11H,3-7,9-10H2,1-2H3,(H,21,22). The number of nitrogens with zero attached hydrogens (tertiary/aromatic N) is 5. The Bertz CT molecular complexity index is 795. The highest BCUT2D eigenvalue weighted by Crippen LogP contribution is 2.30. The molecule has 1 N–H and O–H groups in total. The first-order valence-corrected chi connectivity index (χ1v) is 9.92. The molecule has 0 radical (unpaired) electrons. The van der Waals surface area contributed by atoms with E-state index in [-0.39, 0.29) is 6.54 Å². The SMILES string of the molecule is CCNC(=NCc1nc(C(F)(F)F)cs1)N1CCN(Cc2cc(C)on2)CC1. The number of thiazole rings is 1. The lowest BCUT2D eigenvalue weighted by Gasteiger charge is -2.36. The van der Waals surface area contributed by atoms with Gasteiger partial charge >= 0.3 is 6.18 Å². The lowest BCUT2D eigenvalue weighted by atomic mass is 10.3. The lowest BCUT2D eigenvalue weighted by Crippen LogP contribution is -2.52. The Balaban J connectivity index is 1.56. The predicted octanol–water partition coefficient (Wildman–Crippen LogP) is 2.74. The van der Waals surface area contributed by atoms with Gasteiger partial charge < -0.3 is 14.7 Å². The van der Waals surface area contributed by atoms with E-state index in [1.807, 2.05) is 19.9 Å². The maximum absolute atomic E-state index is 12.7. The quantitative estimate of drug-likeness (QED) is 0.597. The van der Waals surface area contributed by atoms with Crippen LogP contribution in [0.5, 0.6) is 0 Å². The molecule has 2 aromatic heterocycles. The van der Waals surface area contributed by atoms with Crippen molar-refractivity contribution in [2.24, 2.45) is 4.99 Å². The summed E-state index contributed by atoms with van der Waals surface area (Å²) in [4.78, 5) is 12.5. The van der Waals surface area contributed by atoms with E-state index in [0.29, 0.717) is 17.5 Å². The fraction of sp³-hybridized carbons (Fsp3) is 0.588. The molecule has 0 unspecified atom stereocenters. The van der Waals surface area contributed by atoms with Gasteiger partial charge in [0.15, 0.2) is 11.7 Å². The molecule has 1 saturated heterocycles. The van der Waals surface area contributed by atoms with E-state index in [4.69, 9.17) is 4.52 Å². The van der Waals surface area contributed by atoms with Crippen LogP contribution in [0.15, 0.2) is 21.0 Å². The molecule has 0 bridgehead atoms. The molecular formula is C17H23F3N6OS. The second-order valence-electron chi connectivity index (χ2n) is 6.49. The maximum Gasteiger partial charge on any atom is 0.434 e. The summed E-state index contributed by atoms with van der Waals surface area (Å²) < 4.78 is 43.1. The minimum Gasteiger partial charge on any atom is -0.361 e. The van der Waals surface area contributed by atoms with Crippen LogP contribution in [0.4, 0.5) is 13.2 Å². The summed E-state index contributed by atoms with van der Waals surface area (Å²) in [7, 11) is 0. The number of guanidine groups is 1. The molecule has 0 aliphatic carbocycles. The van der Waals surface area contributed by atoms with Crippen LogP contribution < -0.4 is 5.32 Å². The number of alkyl halides is 3. The molecule has 3 heterocycles. The first-order chi connectivity index (χ1) is 13.3. The molecule has 0 amide bonds. The number of aryl methyl sites for hydroxylation is 1. The minimum atomic E-state index is -4.42. The van der Waals surface area contributed by atoms with Crippen LogP contribution >= 0.6 is 11.3 Å². The van der Waals surface area contributed by atoms with Gasteiger partial charge in [-0.1, -0.05) is 5.16 Å². The Hall–Kier alpha value is -2.14. The Morgan fingerprint density at radius 2 is 2.07 bits per heavy atom. The van der Waals surface area contributed by atoms with Gasteiger partial charge in [0.2, 0.25) is 0 Å². The number of nitrogens with one attached hydrogen (secondary N) is 1. The number of hydrogen-bond acceptors (Lipinski definition) is 6. The maximum atomic E-state index is 12.7. The number of hydrogen-bond donors (Lipinski definition) is 1. The molecule has 0 atom stereocenters. The molecule has 0 spiro atoms. The average molecular weight is 416 g/mol. The largest absolute Gasteiger partial charge is 0.434 e. The van der Waals surface area contributed by atoms with E-state index in [2.05, 4.69) is 30.2 Å². The molecule has 0 saturated carbocycles. The Morgan fingerprint density at radius 1 is 1.32 bits per heavy atom. The van der Waals surface area contributed by atoms with Gasteiger partial charge in [0, 0.05) is 50.7 Å².